The maximum atomic E-state index is 13.3. The van der Waals surface area contributed by atoms with Crippen LogP contribution in [-0.4, -0.2) is 28.1 Å². The Bertz CT molecular complexity index is 556. The molecule has 6 nitrogen and oxygen atoms in total. The van der Waals surface area contributed by atoms with Crippen LogP contribution in [0.1, 0.15) is 42.5 Å². The van der Waals surface area contributed by atoms with Crippen LogP contribution >= 0.6 is 0 Å². The Morgan fingerprint density at radius 2 is 2.05 bits per heavy atom. The lowest BCUT2D eigenvalue weighted by molar-refractivity contribution is -0.387. The summed E-state index contributed by atoms with van der Waals surface area (Å²) in [6.45, 7) is -0.179. The van der Waals surface area contributed by atoms with Gasteiger partial charge in [0.1, 0.15) is 0 Å². The molecule has 1 aromatic rings. The topological polar surface area (TPSA) is 92.5 Å². The van der Waals surface area contributed by atoms with Crippen molar-refractivity contribution < 1.29 is 19.2 Å². The Morgan fingerprint density at radius 1 is 1.38 bits per heavy atom. The van der Waals surface area contributed by atoms with Gasteiger partial charge in [0.05, 0.1) is 17.1 Å². The summed E-state index contributed by atoms with van der Waals surface area (Å²) in [7, 11) is 0. The molecule has 7 heteroatoms. The second-order valence-electron chi connectivity index (χ2n) is 5.38. The van der Waals surface area contributed by atoms with Crippen LogP contribution in [-0.2, 0) is 0 Å². The molecule has 1 amide bonds. The molecular formula is C14H17FN2O4. The highest BCUT2D eigenvalue weighted by atomic mass is 19.1. The van der Waals surface area contributed by atoms with Gasteiger partial charge in [-0.05, 0) is 25.0 Å². The molecule has 1 aliphatic carbocycles. The predicted molar refractivity (Wildman–Crippen MR) is 73.4 cm³/mol. The van der Waals surface area contributed by atoms with Crippen molar-refractivity contribution >= 4 is 11.6 Å². The largest absolute Gasteiger partial charge is 0.394 e. The quantitative estimate of drug-likeness (QED) is 0.657. The van der Waals surface area contributed by atoms with Crippen molar-refractivity contribution in [1.82, 2.24) is 5.32 Å². The molecule has 1 aliphatic rings. The number of aliphatic hydroxyl groups excluding tert-OH is 1. The fourth-order valence-electron chi connectivity index (χ4n) is 2.66. The number of benzene rings is 1. The summed E-state index contributed by atoms with van der Waals surface area (Å²) in [4.78, 5) is 22.0. The first-order valence-electron chi connectivity index (χ1n) is 6.85. The number of nitrogens with one attached hydrogen (secondary N) is 1. The molecule has 0 spiro atoms. The number of rotatable bonds is 4. The average molecular weight is 296 g/mol. The number of aliphatic hydroxyl groups is 1. The summed E-state index contributed by atoms with van der Waals surface area (Å²) < 4.78 is 13.3. The molecule has 1 aromatic carbocycles. The van der Waals surface area contributed by atoms with E-state index < -0.39 is 27.9 Å². The van der Waals surface area contributed by atoms with Crippen molar-refractivity contribution in [1.29, 1.82) is 0 Å². The van der Waals surface area contributed by atoms with Gasteiger partial charge < -0.3 is 10.4 Å². The lowest BCUT2D eigenvalue weighted by atomic mass is 9.82. The van der Waals surface area contributed by atoms with Crippen LogP contribution in [0.15, 0.2) is 18.2 Å². The number of hydrogen-bond acceptors (Lipinski definition) is 4. The first kappa shape index (κ1) is 15.4. The fourth-order valence-corrected chi connectivity index (χ4v) is 2.66. The summed E-state index contributed by atoms with van der Waals surface area (Å²) in [5, 5.41) is 23.0. The van der Waals surface area contributed by atoms with Gasteiger partial charge in [0.25, 0.3) is 5.91 Å². The molecule has 1 saturated carbocycles. The van der Waals surface area contributed by atoms with Gasteiger partial charge in [-0.1, -0.05) is 19.3 Å². The van der Waals surface area contributed by atoms with E-state index in [1.807, 2.05) is 0 Å². The minimum absolute atomic E-state index is 0.0153. The van der Waals surface area contributed by atoms with Crippen molar-refractivity contribution in [3.8, 4) is 0 Å². The zero-order chi connectivity index (χ0) is 15.5. The van der Waals surface area contributed by atoms with Crippen molar-refractivity contribution in [2.45, 2.75) is 37.6 Å². The molecule has 0 aromatic heterocycles. The minimum Gasteiger partial charge on any atom is -0.394 e. The van der Waals surface area contributed by atoms with Crippen LogP contribution in [0.2, 0.25) is 0 Å². The Kier molecular flexibility index (Phi) is 4.52. The molecule has 0 aliphatic heterocycles. The molecule has 0 bridgehead atoms. The third kappa shape index (κ3) is 3.36. The zero-order valence-corrected chi connectivity index (χ0v) is 11.5. The highest BCUT2D eigenvalue weighted by Gasteiger charge is 2.33. The summed E-state index contributed by atoms with van der Waals surface area (Å²) in [5.41, 5.74) is -1.40. The molecule has 1 fully saturated rings. The number of nitro benzene ring substituents is 1. The van der Waals surface area contributed by atoms with Crippen LogP contribution < -0.4 is 5.32 Å². The Labute approximate surface area is 121 Å². The van der Waals surface area contributed by atoms with Crippen LogP contribution in [0.4, 0.5) is 10.1 Å². The van der Waals surface area contributed by atoms with Gasteiger partial charge in [-0.25, -0.2) is 0 Å². The van der Waals surface area contributed by atoms with Gasteiger partial charge in [-0.15, -0.1) is 0 Å². The van der Waals surface area contributed by atoms with Gasteiger partial charge in [0.2, 0.25) is 5.82 Å². The van der Waals surface area contributed by atoms with Gasteiger partial charge in [0, 0.05) is 11.6 Å². The van der Waals surface area contributed by atoms with E-state index in [4.69, 9.17) is 0 Å². The number of halogens is 1. The van der Waals surface area contributed by atoms with E-state index in [-0.39, 0.29) is 12.2 Å². The number of amides is 1. The van der Waals surface area contributed by atoms with Crippen molar-refractivity contribution in [2.24, 2.45) is 0 Å². The zero-order valence-electron chi connectivity index (χ0n) is 11.5. The minimum atomic E-state index is -0.980. The number of nitro groups is 1. The monoisotopic (exact) mass is 296 g/mol. The SMILES string of the molecule is O=C(NC1(CO)CCCCC1)c1ccc(F)c([N+](=O)[O-])c1. The van der Waals surface area contributed by atoms with E-state index in [1.54, 1.807) is 0 Å². The van der Waals surface area contributed by atoms with E-state index in [0.717, 1.165) is 31.4 Å². The fraction of sp³-hybridized carbons (Fsp3) is 0.500. The molecule has 2 N–H and O–H groups in total. The summed E-state index contributed by atoms with van der Waals surface area (Å²) >= 11 is 0. The van der Waals surface area contributed by atoms with Crippen molar-refractivity contribution in [2.75, 3.05) is 6.61 Å². The number of carbonyl (C=O) groups is 1. The smallest absolute Gasteiger partial charge is 0.305 e. The predicted octanol–water partition coefficient (Wildman–Crippen LogP) is 2.16. The molecule has 21 heavy (non-hydrogen) atoms. The second kappa shape index (κ2) is 6.17. The third-order valence-electron chi connectivity index (χ3n) is 3.90. The van der Waals surface area contributed by atoms with E-state index in [0.29, 0.717) is 12.8 Å². The highest BCUT2D eigenvalue weighted by Crippen LogP contribution is 2.28. The molecule has 0 unspecified atom stereocenters. The van der Waals surface area contributed by atoms with Crippen molar-refractivity contribution in [3.05, 3.63) is 39.7 Å². The van der Waals surface area contributed by atoms with E-state index in [2.05, 4.69) is 5.32 Å². The summed E-state index contributed by atoms with van der Waals surface area (Å²) in [5.74, 6) is -1.51. The lowest BCUT2D eigenvalue weighted by Crippen LogP contribution is -2.52. The average Bonchev–Trinajstić information content (AvgIpc) is 2.48. The second-order valence-corrected chi connectivity index (χ2v) is 5.38. The van der Waals surface area contributed by atoms with Crippen molar-refractivity contribution in [3.63, 3.8) is 0 Å². The first-order chi connectivity index (χ1) is 9.97. The number of carbonyl (C=O) groups excluding carboxylic acids is 1. The summed E-state index contributed by atoms with van der Waals surface area (Å²) in [6.07, 6.45) is 4.20. The van der Waals surface area contributed by atoms with Crippen LogP contribution in [0, 0.1) is 15.9 Å². The lowest BCUT2D eigenvalue weighted by Gasteiger charge is -2.36. The van der Waals surface area contributed by atoms with E-state index >= 15 is 0 Å². The van der Waals surface area contributed by atoms with Gasteiger partial charge >= 0.3 is 5.69 Å². The Hall–Kier alpha value is -2.02. The molecule has 0 radical (unpaired) electrons. The maximum absolute atomic E-state index is 13.3. The molecule has 114 valence electrons. The van der Waals surface area contributed by atoms with Crippen LogP contribution in [0.5, 0.6) is 0 Å². The standard InChI is InChI=1S/C14H17FN2O4/c15-11-5-4-10(8-12(11)17(20)21)13(19)16-14(9-18)6-2-1-3-7-14/h4-5,8,18H,1-3,6-7,9H2,(H,16,19). The molecule has 0 atom stereocenters. The van der Waals surface area contributed by atoms with Crippen LogP contribution in [0.25, 0.3) is 0 Å². The normalized spacial score (nSPS) is 17.2. The molecule has 0 heterocycles. The maximum Gasteiger partial charge on any atom is 0.305 e. The van der Waals surface area contributed by atoms with E-state index in [9.17, 15) is 24.4 Å². The van der Waals surface area contributed by atoms with Gasteiger partial charge in [0.15, 0.2) is 0 Å². The van der Waals surface area contributed by atoms with Crippen LogP contribution in [0.3, 0.4) is 0 Å². The van der Waals surface area contributed by atoms with Gasteiger partial charge in [-0.2, -0.15) is 4.39 Å². The van der Waals surface area contributed by atoms with Gasteiger partial charge in [-0.3, -0.25) is 14.9 Å². The first-order valence-corrected chi connectivity index (χ1v) is 6.85. The Balaban J connectivity index is 2.20. The Morgan fingerprint density at radius 3 is 2.62 bits per heavy atom. The number of nitrogens with zero attached hydrogens (tertiary/aromatic N) is 1. The van der Waals surface area contributed by atoms with E-state index in [1.165, 1.54) is 6.07 Å². The highest BCUT2D eigenvalue weighted by molar-refractivity contribution is 5.95. The molecule has 2 rings (SSSR count). The molecule has 0 saturated heterocycles. The third-order valence-corrected chi connectivity index (χ3v) is 3.90. The molecular weight excluding hydrogens is 279 g/mol. The number of hydrogen-bond donors (Lipinski definition) is 2. The summed E-state index contributed by atoms with van der Waals surface area (Å²) in [6, 6.07) is 3.02.